The van der Waals surface area contributed by atoms with Crippen molar-refractivity contribution in [2.24, 2.45) is 0 Å². The summed E-state index contributed by atoms with van der Waals surface area (Å²) in [5.74, 6) is 0. The fourth-order valence-electron chi connectivity index (χ4n) is 2.80. The summed E-state index contributed by atoms with van der Waals surface area (Å²) < 4.78 is 0. The van der Waals surface area contributed by atoms with Crippen molar-refractivity contribution < 1.29 is 0 Å². The summed E-state index contributed by atoms with van der Waals surface area (Å²) in [7, 11) is 4.38. The second kappa shape index (κ2) is 7.24. The van der Waals surface area contributed by atoms with Gasteiger partial charge < -0.3 is 10.2 Å². The molecule has 2 unspecified atom stereocenters. The summed E-state index contributed by atoms with van der Waals surface area (Å²) in [5.41, 5.74) is 4.28. The second-order valence-corrected chi connectivity index (χ2v) is 6.35. The van der Waals surface area contributed by atoms with Gasteiger partial charge in [-0.1, -0.05) is 37.6 Å². The fraction of sp³-hybridized carbons (Fsp3) is 0.667. The first-order valence-corrected chi connectivity index (χ1v) is 7.84. The SMILES string of the molecule is CCCNC(c1cc(C)ccc1C)C(C)(CC)N(C)C. The first kappa shape index (κ1) is 17.2. The number of hydrogen-bond acceptors (Lipinski definition) is 2. The zero-order chi connectivity index (χ0) is 15.3. The molecule has 0 fully saturated rings. The van der Waals surface area contributed by atoms with Crippen LogP contribution >= 0.6 is 0 Å². The fourth-order valence-corrected chi connectivity index (χ4v) is 2.80. The van der Waals surface area contributed by atoms with Crippen LogP contribution in [0, 0.1) is 13.8 Å². The van der Waals surface area contributed by atoms with E-state index in [1.807, 2.05) is 0 Å². The van der Waals surface area contributed by atoms with Crippen molar-refractivity contribution in [3.05, 3.63) is 34.9 Å². The van der Waals surface area contributed by atoms with E-state index in [-0.39, 0.29) is 5.54 Å². The van der Waals surface area contributed by atoms with Crippen molar-refractivity contribution >= 4 is 0 Å². The van der Waals surface area contributed by atoms with Crippen molar-refractivity contribution in [1.29, 1.82) is 0 Å². The van der Waals surface area contributed by atoms with Gasteiger partial charge in [-0.05, 0) is 65.4 Å². The summed E-state index contributed by atoms with van der Waals surface area (Å²) >= 11 is 0. The number of nitrogens with one attached hydrogen (secondary N) is 1. The molecule has 0 aromatic heterocycles. The van der Waals surface area contributed by atoms with Crippen LogP contribution in [0.15, 0.2) is 18.2 Å². The predicted octanol–water partition coefficient (Wildman–Crippen LogP) is 4.07. The van der Waals surface area contributed by atoms with Gasteiger partial charge in [0.2, 0.25) is 0 Å². The first-order chi connectivity index (χ1) is 9.36. The van der Waals surface area contributed by atoms with Crippen molar-refractivity contribution in [1.82, 2.24) is 10.2 Å². The standard InChI is InChI=1S/C18H32N2/c1-8-12-19-17(18(5,9-2)20(6)7)16-13-14(3)10-11-15(16)4/h10-11,13,17,19H,8-9,12H2,1-7H3. The number of likely N-dealkylation sites (N-methyl/N-ethyl adjacent to an activating group) is 1. The number of rotatable bonds is 7. The van der Waals surface area contributed by atoms with E-state index >= 15 is 0 Å². The Labute approximate surface area is 125 Å². The van der Waals surface area contributed by atoms with Crippen LogP contribution in [0.2, 0.25) is 0 Å². The molecule has 2 heteroatoms. The van der Waals surface area contributed by atoms with Crippen LogP contribution in [0.5, 0.6) is 0 Å². The van der Waals surface area contributed by atoms with Crippen LogP contribution in [0.1, 0.15) is 56.3 Å². The van der Waals surface area contributed by atoms with Crippen molar-refractivity contribution in [3.8, 4) is 0 Å². The van der Waals surface area contributed by atoms with E-state index in [2.05, 4.69) is 77.1 Å². The van der Waals surface area contributed by atoms with Gasteiger partial charge in [-0.15, -0.1) is 0 Å². The summed E-state index contributed by atoms with van der Waals surface area (Å²) in [4.78, 5) is 2.36. The molecule has 0 heterocycles. The molecule has 114 valence electrons. The molecule has 20 heavy (non-hydrogen) atoms. The number of nitrogens with zero attached hydrogens (tertiary/aromatic N) is 1. The minimum atomic E-state index is 0.119. The zero-order valence-electron chi connectivity index (χ0n) is 14.4. The highest BCUT2D eigenvalue weighted by Crippen LogP contribution is 2.34. The molecular weight excluding hydrogens is 244 g/mol. The smallest absolute Gasteiger partial charge is 0.0506 e. The molecule has 1 aromatic carbocycles. The van der Waals surface area contributed by atoms with Gasteiger partial charge in [0, 0.05) is 5.54 Å². The van der Waals surface area contributed by atoms with E-state index in [1.165, 1.54) is 16.7 Å². The molecule has 0 radical (unpaired) electrons. The molecular formula is C18H32N2. The topological polar surface area (TPSA) is 15.3 Å². The molecule has 0 spiro atoms. The summed E-state index contributed by atoms with van der Waals surface area (Å²) in [6.07, 6.45) is 2.28. The average molecular weight is 276 g/mol. The van der Waals surface area contributed by atoms with Crippen molar-refractivity contribution in [3.63, 3.8) is 0 Å². The molecule has 0 aliphatic rings. The lowest BCUT2D eigenvalue weighted by molar-refractivity contribution is 0.112. The zero-order valence-corrected chi connectivity index (χ0v) is 14.4. The Kier molecular flexibility index (Phi) is 6.22. The third kappa shape index (κ3) is 3.62. The normalized spacial score (nSPS) is 16.2. The van der Waals surface area contributed by atoms with E-state index in [9.17, 15) is 0 Å². The Hall–Kier alpha value is -0.860. The Morgan fingerprint density at radius 3 is 2.35 bits per heavy atom. The van der Waals surface area contributed by atoms with Gasteiger partial charge in [-0.3, -0.25) is 0 Å². The molecule has 0 saturated carbocycles. The van der Waals surface area contributed by atoms with Crippen molar-refractivity contribution in [2.45, 2.75) is 59.0 Å². The van der Waals surface area contributed by atoms with Crippen LogP contribution in [-0.4, -0.2) is 31.1 Å². The molecule has 1 rings (SSSR count). The third-order valence-electron chi connectivity index (χ3n) is 4.70. The Morgan fingerprint density at radius 1 is 1.20 bits per heavy atom. The number of hydrogen-bond donors (Lipinski definition) is 1. The van der Waals surface area contributed by atoms with Crippen LogP contribution in [-0.2, 0) is 0 Å². The highest BCUT2D eigenvalue weighted by atomic mass is 15.2. The van der Waals surface area contributed by atoms with E-state index in [4.69, 9.17) is 0 Å². The van der Waals surface area contributed by atoms with Gasteiger partial charge in [0.1, 0.15) is 0 Å². The molecule has 2 atom stereocenters. The Bertz CT molecular complexity index is 425. The Balaban J connectivity index is 3.27. The lowest BCUT2D eigenvalue weighted by Gasteiger charge is -2.44. The molecule has 0 aliphatic carbocycles. The van der Waals surface area contributed by atoms with E-state index < -0.39 is 0 Å². The van der Waals surface area contributed by atoms with E-state index in [0.717, 1.165) is 19.4 Å². The maximum absolute atomic E-state index is 3.78. The van der Waals surface area contributed by atoms with E-state index in [0.29, 0.717) is 6.04 Å². The third-order valence-corrected chi connectivity index (χ3v) is 4.70. The quantitative estimate of drug-likeness (QED) is 0.807. The van der Waals surface area contributed by atoms with Crippen molar-refractivity contribution in [2.75, 3.05) is 20.6 Å². The minimum Gasteiger partial charge on any atom is -0.308 e. The van der Waals surface area contributed by atoms with E-state index in [1.54, 1.807) is 0 Å². The number of aryl methyl sites for hydroxylation is 2. The van der Waals surface area contributed by atoms with Crippen LogP contribution in [0.25, 0.3) is 0 Å². The summed E-state index contributed by atoms with van der Waals surface area (Å²) in [6.45, 7) is 12.3. The van der Waals surface area contributed by atoms with Gasteiger partial charge in [0.05, 0.1) is 6.04 Å². The highest BCUT2D eigenvalue weighted by molar-refractivity contribution is 5.35. The van der Waals surface area contributed by atoms with Gasteiger partial charge in [-0.2, -0.15) is 0 Å². The molecule has 0 bridgehead atoms. The molecule has 1 N–H and O–H groups in total. The lowest BCUT2D eigenvalue weighted by Crippen LogP contribution is -2.51. The number of benzene rings is 1. The highest BCUT2D eigenvalue weighted by Gasteiger charge is 2.36. The average Bonchev–Trinajstić information content (AvgIpc) is 2.42. The van der Waals surface area contributed by atoms with Crippen LogP contribution in [0.4, 0.5) is 0 Å². The largest absolute Gasteiger partial charge is 0.308 e. The summed E-state index contributed by atoms with van der Waals surface area (Å²) in [6, 6.07) is 7.16. The molecule has 2 nitrogen and oxygen atoms in total. The van der Waals surface area contributed by atoms with Gasteiger partial charge in [-0.25, -0.2) is 0 Å². The Morgan fingerprint density at radius 2 is 1.85 bits per heavy atom. The lowest BCUT2D eigenvalue weighted by atomic mass is 9.81. The molecule has 0 saturated heterocycles. The molecule has 0 amide bonds. The van der Waals surface area contributed by atoms with Gasteiger partial charge in [0.25, 0.3) is 0 Å². The van der Waals surface area contributed by atoms with Crippen LogP contribution < -0.4 is 5.32 Å². The monoisotopic (exact) mass is 276 g/mol. The van der Waals surface area contributed by atoms with Crippen LogP contribution in [0.3, 0.4) is 0 Å². The molecule has 1 aromatic rings. The maximum atomic E-state index is 3.78. The molecule has 0 aliphatic heterocycles. The summed E-state index contributed by atoms with van der Waals surface area (Å²) in [5, 5.41) is 3.78. The maximum Gasteiger partial charge on any atom is 0.0506 e. The van der Waals surface area contributed by atoms with Gasteiger partial charge >= 0.3 is 0 Å². The van der Waals surface area contributed by atoms with Gasteiger partial charge in [0.15, 0.2) is 0 Å². The minimum absolute atomic E-state index is 0.119. The predicted molar refractivity (Wildman–Crippen MR) is 89.3 cm³/mol. The second-order valence-electron chi connectivity index (χ2n) is 6.35. The first-order valence-electron chi connectivity index (χ1n) is 7.84.